The molecule has 2 saturated carbocycles. The van der Waals surface area contributed by atoms with Gasteiger partial charge in [0.25, 0.3) is 0 Å². The molecule has 2 fully saturated rings. The maximum Gasteiger partial charge on any atom is 0.303 e. The number of ether oxygens (including phenoxy) is 2. The smallest absolute Gasteiger partial charge is 0.303 e. The van der Waals surface area contributed by atoms with E-state index in [0.29, 0.717) is 41.8 Å². The second-order valence-electron chi connectivity index (χ2n) is 13.3. The third-order valence-electron chi connectivity index (χ3n) is 10.7. The van der Waals surface area contributed by atoms with Gasteiger partial charge in [-0.25, -0.2) is 4.98 Å². The maximum absolute atomic E-state index is 13.3. The summed E-state index contributed by atoms with van der Waals surface area (Å²) in [4.78, 5) is 20.5. The van der Waals surface area contributed by atoms with Gasteiger partial charge in [-0.2, -0.15) is 4.36 Å². The number of anilines is 1. The number of methoxy groups -OCH3 is 1. The van der Waals surface area contributed by atoms with Gasteiger partial charge in [-0.3, -0.25) is 9.00 Å². The van der Waals surface area contributed by atoms with Crippen LogP contribution in [0, 0.1) is 23.7 Å². The lowest BCUT2D eigenvalue weighted by molar-refractivity contribution is 0.0131. The van der Waals surface area contributed by atoms with Crippen molar-refractivity contribution in [3.63, 3.8) is 0 Å². The highest BCUT2D eigenvalue weighted by atomic mass is 35.5. The SMILES string of the molecule is CO[C@H]1/C=C/C[C@H](C)[C@@H](C)/[SH](=O)=N\C(=O)c2ccc3c(n2)N(C[C@@H]2CC[C@H]21)C[C@]1(CO3)C[C@@H]2C[C@@H]2c2cc(Cl)ccc21. The standard InChI is InChI=1S/C33H40ClN3O4S/c1-19-5-4-6-29(40-3)24-9-7-21(24)16-37-17-33(15-22-13-25(22)26-14-23(34)8-10-27(26)33)18-41-30-12-11-28(35-31(30)37)32(38)36-42(39)20(19)2/h4,6,8,10-12,14,19-22,24-25,29,42H,5,7,9,13,15-18H2,1-3H3/b6-4+/t19-,20+,21-,22-,24+,25-,29-,33-/m0/s1. The minimum atomic E-state index is -2.08. The molecule has 0 saturated heterocycles. The zero-order chi connectivity index (χ0) is 29.2. The molecule has 9 heteroatoms. The summed E-state index contributed by atoms with van der Waals surface area (Å²) in [6.45, 7) is 6.07. The van der Waals surface area contributed by atoms with Gasteiger partial charge in [-0.15, -0.1) is 0 Å². The summed E-state index contributed by atoms with van der Waals surface area (Å²) in [5.74, 6) is 3.00. The number of halogens is 1. The van der Waals surface area contributed by atoms with Crippen LogP contribution in [-0.2, 0) is 20.7 Å². The number of thiol groups is 1. The third kappa shape index (κ3) is 4.97. The minimum Gasteiger partial charge on any atom is -0.489 e. The molecule has 7 nitrogen and oxygen atoms in total. The van der Waals surface area contributed by atoms with Crippen LogP contribution in [0.2, 0.25) is 5.02 Å². The van der Waals surface area contributed by atoms with Gasteiger partial charge >= 0.3 is 5.91 Å². The molecule has 9 atom stereocenters. The summed E-state index contributed by atoms with van der Waals surface area (Å²) >= 11 is 6.49. The molecule has 2 bridgehead atoms. The third-order valence-corrected chi connectivity index (χ3v) is 12.6. The van der Waals surface area contributed by atoms with E-state index in [2.05, 4.69) is 40.5 Å². The average molecular weight is 610 g/mol. The molecular weight excluding hydrogens is 570 g/mol. The van der Waals surface area contributed by atoms with Gasteiger partial charge < -0.3 is 14.4 Å². The molecule has 0 N–H and O–H groups in total. The molecule has 3 heterocycles. The van der Waals surface area contributed by atoms with Crippen molar-refractivity contribution < 1.29 is 18.5 Å². The molecule has 1 aromatic heterocycles. The fraction of sp³-hybridized carbons (Fsp3) is 0.576. The van der Waals surface area contributed by atoms with Gasteiger partial charge in [0.05, 0.1) is 12.7 Å². The molecule has 224 valence electrons. The van der Waals surface area contributed by atoms with Crippen LogP contribution in [0.15, 0.2) is 46.8 Å². The Kier molecular flexibility index (Phi) is 7.38. The van der Waals surface area contributed by atoms with E-state index in [-0.39, 0.29) is 28.4 Å². The first-order chi connectivity index (χ1) is 20.3. The number of carbonyl (C=O) groups excluding carboxylic acids is 1. The van der Waals surface area contributed by atoms with E-state index in [4.69, 9.17) is 26.1 Å². The highest BCUT2D eigenvalue weighted by Gasteiger charge is 2.54. The Labute approximate surface area is 255 Å². The van der Waals surface area contributed by atoms with Gasteiger partial charge in [0, 0.05) is 46.5 Å². The predicted octanol–water partition coefficient (Wildman–Crippen LogP) is 6.21. The zero-order valence-electron chi connectivity index (χ0n) is 24.5. The first-order valence-corrected chi connectivity index (χ1v) is 17.0. The van der Waals surface area contributed by atoms with Crippen LogP contribution in [0.1, 0.15) is 73.5 Å². The van der Waals surface area contributed by atoms with Gasteiger partial charge in [0.15, 0.2) is 11.6 Å². The van der Waals surface area contributed by atoms with Crippen molar-refractivity contribution in [2.75, 3.05) is 31.7 Å². The van der Waals surface area contributed by atoms with Crippen molar-refractivity contribution in [3.05, 3.63) is 64.3 Å². The van der Waals surface area contributed by atoms with Crippen molar-refractivity contribution in [1.29, 1.82) is 0 Å². The number of pyridine rings is 1. The fourth-order valence-electron chi connectivity index (χ4n) is 7.83. The Morgan fingerprint density at radius 2 is 2.02 bits per heavy atom. The topological polar surface area (TPSA) is 81.1 Å². The Morgan fingerprint density at radius 1 is 1.17 bits per heavy atom. The van der Waals surface area contributed by atoms with Crippen molar-refractivity contribution in [2.45, 2.75) is 68.6 Å². The summed E-state index contributed by atoms with van der Waals surface area (Å²) in [5, 5.41) is 0.552. The van der Waals surface area contributed by atoms with Crippen molar-refractivity contribution in [1.82, 2.24) is 4.98 Å². The predicted molar refractivity (Wildman–Crippen MR) is 166 cm³/mol. The normalized spacial score (nSPS) is 38.5. The molecule has 1 spiro atoms. The quantitative estimate of drug-likeness (QED) is 0.306. The minimum absolute atomic E-state index is 0.0277. The highest BCUT2D eigenvalue weighted by molar-refractivity contribution is 7.76. The Hall–Kier alpha value is -2.42. The maximum atomic E-state index is 13.3. The summed E-state index contributed by atoms with van der Waals surface area (Å²) in [7, 11) is -0.289. The van der Waals surface area contributed by atoms with Crippen LogP contribution in [0.25, 0.3) is 0 Å². The number of rotatable bonds is 1. The second-order valence-corrected chi connectivity index (χ2v) is 15.4. The Morgan fingerprint density at radius 3 is 2.81 bits per heavy atom. The number of hydrogen-bond acceptors (Lipinski definition) is 6. The number of hydrogen-bond donors (Lipinski definition) is 1. The number of allylic oxidation sites excluding steroid dienone is 1. The lowest BCUT2D eigenvalue weighted by Gasteiger charge is -2.45. The summed E-state index contributed by atoms with van der Waals surface area (Å²) in [6, 6.07) is 9.90. The molecule has 3 aliphatic carbocycles. The van der Waals surface area contributed by atoms with Gasteiger partial charge in [-0.05, 0) is 104 Å². The number of fused-ring (bicyclic) bond motifs is 6. The molecule has 0 radical (unpaired) electrons. The van der Waals surface area contributed by atoms with Crippen molar-refractivity contribution in [3.8, 4) is 5.75 Å². The number of aromatic nitrogens is 1. The molecule has 1 unspecified atom stereocenters. The molecule has 5 aliphatic rings. The first kappa shape index (κ1) is 28.4. The van der Waals surface area contributed by atoms with Gasteiger partial charge in [0.2, 0.25) is 0 Å². The number of amides is 1. The molecule has 42 heavy (non-hydrogen) atoms. The monoisotopic (exact) mass is 609 g/mol. The Balaban J connectivity index is 1.32. The van der Waals surface area contributed by atoms with Gasteiger partial charge in [-0.1, -0.05) is 36.7 Å². The van der Waals surface area contributed by atoms with E-state index in [1.165, 1.54) is 17.5 Å². The van der Waals surface area contributed by atoms with Crippen LogP contribution >= 0.6 is 11.6 Å². The second kappa shape index (κ2) is 10.9. The van der Waals surface area contributed by atoms with Crippen LogP contribution in [0.5, 0.6) is 5.75 Å². The van der Waals surface area contributed by atoms with E-state index < -0.39 is 16.5 Å². The molecular formula is C33H40ClN3O4S. The van der Waals surface area contributed by atoms with E-state index in [1.807, 2.05) is 19.1 Å². The molecule has 7 rings (SSSR count). The van der Waals surface area contributed by atoms with E-state index >= 15 is 0 Å². The zero-order valence-corrected chi connectivity index (χ0v) is 26.2. The number of nitrogens with zero attached hydrogens (tertiary/aromatic N) is 3. The number of benzene rings is 1. The molecule has 2 aliphatic heterocycles. The molecule has 1 aromatic carbocycles. The van der Waals surface area contributed by atoms with E-state index in [9.17, 15) is 9.00 Å². The summed E-state index contributed by atoms with van der Waals surface area (Å²) in [6.07, 6.45) is 9.63. The van der Waals surface area contributed by atoms with Crippen molar-refractivity contribution in [2.24, 2.45) is 28.0 Å². The van der Waals surface area contributed by atoms with Crippen LogP contribution in [-0.4, -0.2) is 53.3 Å². The summed E-state index contributed by atoms with van der Waals surface area (Å²) < 4.78 is 29.9. The van der Waals surface area contributed by atoms with Crippen molar-refractivity contribution >= 4 is 33.9 Å². The van der Waals surface area contributed by atoms with E-state index in [1.54, 1.807) is 13.2 Å². The van der Waals surface area contributed by atoms with Gasteiger partial charge in [0.1, 0.15) is 5.69 Å². The lowest BCUT2D eigenvalue weighted by Crippen LogP contribution is -2.50. The van der Waals surface area contributed by atoms with Crippen LogP contribution < -0.4 is 9.64 Å². The fourth-order valence-corrected chi connectivity index (χ4v) is 9.03. The Bertz CT molecular complexity index is 1520. The van der Waals surface area contributed by atoms with Crippen LogP contribution in [0.4, 0.5) is 5.82 Å². The highest BCUT2D eigenvalue weighted by Crippen LogP contribution is 2.61. The van der Waals surface area contributed by atoms with Crippen LogP contribution in [0.3, 0.4) is 0 Å². The molecule has 2 aromatic rings. The van der Waals surface area contributed by atoms with E-state index in [0.717, 1.165) is 43.8 Å². The largest absolute Gasteiger partial charge is 0.489 e. The first-order valence-electron chi connectivity index (χ1n) is 15.4. The number of carbonyl (C=O) groups is 1. The molecule has 1 amide bonds. The average Bonchev–Trinajstić information content (AvgIpc) is 3.76. The summed E-state index contributed by atoms with van der Waals surface area (Å²) in [5.41, 5.74) is 2.71. The lowest BCUT2D eigenvalue weighted by atomic mass is 9.68.